The predicted molar refractivity (Wildman–Crippen MR) is 123 cm³/mol. The Balaban J connectivity index is 1.63. The molecule has 0 radical (unpaired) electrons. The molecule has 2 aromatic carbocycles. The third kappa shape index (κ3) is 3.54. The second-order valence-electron chi connectivity index (χ2n) is 9.76. The summed E-state index contributed by atoms with van der Waals surface area (Å²) in [5.74, 6) is 2.46. The van der Waals surface area contributed by atoms with E-state index < -0.39 is 0 Å². The molecule has 0 aliphatic carbocycles. The van der Waals surface area contributed by atoms with Crippen LogP contribution in [0.4, 0.5) is 0 Å². The van der Waals surface area contributed by atoms with Gasteiger partial charge in [0.1, 0.15) is 17.8 Å². The molecule has 2 aliphatic rings. The molecule has 1 spiro atoms. The van der Waals surface area contributed by atoms with E-state index in [9.17, 15) is 0 Å². The SMILES string of the molecule is CC(C)(C)CCc1ccc2c(c1)[C@]1(C=C(N)NC1)c1cc(-c3cncnc3)ccc1O2. The summed E-state index contributed by atoms with van der Waals surface area (Å²) < 4.78 is 6.36. The first-order valence-corrected chi connectivity index (χ1v) is 10.8. The van der Waals surface area contributed by atoms with Crippen molar-refractivity contribution in [1.82, 2.24) is 15.3 Å². The first-order valence-electron chi connectivity index (χ1n) is 10.8. The van der Waals surface area contributed by atoms with Crippen LogP contribution in [-0.4, -0.2) is 16.5 Å². The maximum Gasteiger partial charge on any atom is 0.131 e. The van der Waals surface area contributed by atoms with Crippen molar-refractivity contribution in [3.63, 3.8) is 0 Å². The van der Waals surface area contributed by atoms with Crippen molar-refractivity contribution >= 4 is 0 Å². The molecule has 0 unspecified atom stereocenters. The molecule has 2 aliphatic heterocycles. The van der Waals surface area contributed by atoms with Crippen LogP contribution >= 0.6 is 0 Å². The number of hydrogen-bond donors (Lipinski definition) is 2. The molecule has 0 fully saturated rings. The highest BCUT2D eigenvalue weighted by Crippen LogP contribution is 2.51. The lowest BCUT2D eigenvalue weighted by Gasteiger charge is -2.36. The lowest BCUT2D eigenvalue weighted by atomic mass is 9.72. The van der Waals surface area contributed by atoms with E-state index in [-0.39, 0.29) is 5.41 Å². The first-order chi connectivity index (χ1) is 14.8. The summed E-state index contributed by atoms with van der Waals surface area (Å²) in [7, 11) is 0. The number of rotatable bonds is 3. The van der Waals surface area contributed by atoms with Gasteiger partial charge < -0.3 is 15.8 Å². The summed E-state index contributed by atoms with van der Waals surface area (Å²) in [6.07, 6.45) is 9.53. The van der Waals surface area contributed by atoms with Crippen molar-refractivity contribution in [2.75, 3.05) is 6.54 Å². The van der Waals surface area contributed by atoms with E-state index in [1.807, 2.05) is 18.5 Å². The van der Waals surface area contributed by atoms with E-state index >= 15 is 0 Å². The van der Waals surface area contributed by atoms with Crippen molar-refractivity contribution in [2.24, 2.45) is 11.1 Å². The van der Waals surface area contributed by atoms with Crippen molar-refractivity contribution in [3.05, 3.63) is 83.7 Å². The van der Waals surface area contributed by atoms with E-state index in [4.69, 9.17) is 10.5 Å². The molecule has 1 aromatic heterocycles. The number of nitrogens with zero attached hydrogens (tertiary/aromatic N) is 2. The minimum absolute atomic E-state index is 0.294. The number of fused-ring (bicyclic) bond motifs is 4. The second-order valence-corrected chi connectivity index (χ2v) is 9.76. The number of aryl methyl sites for hydroxylation is 1. The molecule has 1 atom stereocenters. The Kier molecular flexibility index (Phi) is 4.50. The van der Waals surface area contributed by atoms with Gasteiger partial charge in [0.05, 0.1) is 11.2 Å². The number of ether oxygens (including phenoxy) is 1. The van der Waals surface area contributed by atoms with Crippen molar-refractivity contribution in [2.45, 2.75) is 39.0 Å². The van der Waals surface area contributed by atoms with Gasteiger partial charge in [0, 0.05) is 35.6 Å². The van der Waals surface area contributed by atoms with Gasteiger partial charge in [-0.2, -0.15) is 0 Å². The molecule has 0 bridgehead atoms. The fourth-order valence-electron chi connectivity index (χ4n) is 4.50. The van der Waals surface area contributed by atoms with Crippen molar-refractivity contribution < 1.29 is 4.74 Å². The third-order valence-electron chi connectivity index (χ3n) is 6.24. The van der Waals surface area contributed by atoms with E-state index in [1.54, 1.807) is 6.33 Å². The van der Waals surface area contributed by atoms with Gasteiger partial charge in [-0.05, 0) is 53.7 Å². The van der Waals surface area contributed by atoms with Gasteiger partial charge >= 0.3 is 0 Å². The normalized spacial score (nSPS) is 19.3. The Morgan fingerprint density at radius 3 is 2.39 bits per heavy atom. The third-order valence-corrected chi connectivity index (χ3v) is 6.24. The van der Waals surface area contributed by atoms with E-state index in [0.29, 0.717) is 17.8 Å². The Bertz CT molecular complexity index is 1160. The highest BCUT2D eigenvalue weighted by molar-refractivity contribution is 5.70. The van der Waals surface area contributed by atoms with Gasteiger partial charge in [0.25, 0.3) is 0 Å². The molecule has 158 valence electrons. The van der Waals surface area contributed by atoms with Crippen molar-refractivity contribution in [1.29, 1.82) is 0 Å². The highest BCUT2D eigenvalue weighted by Gasteiger charge is 2.44. The summed E-state index contributed by atoms with van der Waals surface area (Å²) in [4.78, 5) is 8.35. The second kappa shape index (κ2) is 7.12. The summed E-state index contributed by atoms with van der Waals surface area (Å²) in [5.41, 5.74) is 11.8. The minimum atomic E-state index is -0.365. The number of benzene rings is 2. The zero-order valence-corrected chi connectivity index (χ0v) is 18.3. The average molecular weight is 413 g/mol. The van der Waals surface area contributed by atoms with Gasteiger partial charge in [-0.3, -0.25) is 0 Å². The maximum absolute atomic E-state index is 6.36. The maximum atomic E-state index is 6.36. The predicted octanol–water partition coefficient (Wildman–Crippen LogP) is 4.92. The monoisotopic (exact) mass is 412 g/mol. The van der Waals surface area contributed by atoms with Crippen LogP contribution in [0.2, 0.25) is 0 Å². The Morgan fingerprint density at radius 1 is 1.00 bits per heavy atom. The highest BCUT2D eigenvalue weighted by atomic mass is 16.5. The number of hydrogen-bond acceptors (Lipinski definition) is 5. The lowest BCUT2D eigenvalue weighted by Crippen LogP contribution is -2.34. The standard InChI is InChI=1S/C26H28N4O/c1-25(2,3)9-8-17-4-6-22-20(10-17)26(12-24(27)30-15-26)21-11-18(5-7-23(21)31-22)19-13-28-16-29-14-19/h4-7,10-14,16,30H,8-9,15,27H2,1-3H3/t26-/m1/s1. The van der Waals surface area contributed by atoms with Crippen LogP contribution in [0.5, 0.6) is 11.5 Å². The molecule has 3 aromatic rings. The first kappa shape index (κ1) is 19.6. The average Bonchev–Trinajstić information content (AvgIpc) is 3.15. The van der Waals surface area contributed by atoms with Crippen LogP contribution in [0.3, 0.4) is 0 Å². The zero-order chi connectivity index (χ0) is 21.6. The summed E-state index contributed by atoms with van der Waals surface area (Å²) >= 11 is 0. The smallest absolute Gasteiger partial charge is 0.131 e. The number of aromatic nitrogens is 2. The van der Waals surface area contributed by atoms with E-state index in [2.05, 4.69) is 72.5 Å². The minimum Gasteiger partial charge on any atom is -0.457 e. The lowest BCUT2D eigenvalue weighted by molar-refractivity contribution is 0.377. The molecule has 0 saturated carbocycles. The fourth-order valence-corrected chi connectivity index (χ4v) is 4.50. The van der Waals surface area contributed by atoms with Gasteiger partial charge in [-0.1, -0.05) is 39.0 Å². The molecule has 3 N–H and O–H groups in total. The quantitative estimate of drug-likeness (QED) is 0.639. The molecular formula is C26H28N4O. The summed E-state index contributed by atoms with van der Waals surface area (Å²) in [6, 6.07) is 12.9. The van der Waals surface area contributed by atoms with Crippen LogP contribution in [0.15, 0.2) is 67.0 Å². The van der Waals surface area contributed by atoms with Crippen LogP contribution in [-0.2, 0) is 11.8 Å². The fraction of sp³-hybridized carbons (Fsp3) is 0.308. The zero-order valence-electron chi connectivity index (χ0n) is 18.3. The molecule has 5 nitrogen and oxygen atoms in total. The van der Waals surface area contributed by atoms with E-state index in [0.717, 1.165) is 41.0 Å². The molecule has 0 amide bonds. The molecular weight excluding hydrogens is 384 g/mol. The molecule has 3 heterocycles. The van der Waals surface area contributed by atoms with Crippen LogP contribution in [0.25, 0.3) is 11.1 Å². The van der Waals surface area contributed by atoms with Crippen LogP contribution in [0.1, 0.15) is 43.9 Å². The molecule has 5 rings (SSSR count). The Morgan fingerprint density at radius 2 is 1.71 bits per heavy atom. The van der Waals surface area contributed by atoms with Crippen molar-refractivity contribution in [3.8, 4) is 22.6 Å². The Hall–Kier alpha value is -3.34. The molecule has 31 heavy (non-hydrogen) atoms. The summed E-state index contributed by atoms with van der Waals surface area (Å²) in [6.45, 7) is 7.56. The van der Waals surface area contributed by atoms with Gasteiger partial charge in [0.15, 0.2) is 0 Å². The topological polar surface area (TPSA) is 73.1 Å². The summed E-state index contributed by atoms with van der Waals surface area (Å²) in [5, 5.41) is 3.36. The molecule has 0 saturated heterocycles. The molecule has 5 heteroatoms. The van der Waals surface area contributed by atoms with E-state index in [1.165, 1.54) is 11.1 Å². The van der Waals surface area contributed by atoms with Gasteiger partial charge in [0.2, 0.25) is 0 Å². The van der Waals surface area contributed by atoms with Gasteiger partial charge in [-0.25, -0.2) is 9.97 Å². The number of nitrogens with one attached hydrogen (secondary N) is 1. The van der Waals surface area contributed by atoms with Crippen LogP contribution in [0, 0.1) is 5.41 Å². The van der Waals surface area contributed by atoms with Crippen LogP contribution < -0.4 is 15.8 Å². The Labute approximate surface area is 183 Å². The van der Waals surface area contributed by atoms with Gasteiger partial charge in [-0.15, -0.1) is 0 Å². The largest absolute Gasteiger partial charge is 0.457 e. The number of nitrogens with two attached hydrogens (primary N) is 1.